The summed E-state index contributed by atoms with van der Waals surface area (Å²) >= 11 is 0. The Hall–Kier alpha value is -2.69. The molecule has 2 N–H and O–H groups in total. The fraction of sp³-hybridized carbons (Fsp3) is 0.300. The Morgan fingerprint density at radius 1 is 1.08 bits per heavy atom. The fourth-order valence-corrected chi connectivity index (χ4v) is 2.56. The van der Waals surface area contributed by atoms with Crippen LogP contribution in [0.3, 0.4) is 0 Å². The van der Waals surface area contributed by atoms with Crippen molar-refractivity contribution in [2.75, 3.05) is 6.54 Å². The minimum absolute atomic E-state index is 0.0604. The second-order valence-corrected chi connectivity index (χ2v) is 6.64. The highest BCUT2D eigenvalue weighted by Gasteiger charge is 2.31. The van der Waals surface area contributed by atoms with Crippen LogP contribution in [-0.4, -0.2) is 23.5 Å². The zero-order valence-corrected chi connectivity index (χ0v) is 14.5. The molecule has 0 saturated carbocycles. The van der Waals surface area contributed by atoms with Crippen LogP contribution in [0.2, 0.25) is 0 Å². The molecule has 2 aromatic carbocycles. The van der Waals surface area contributed by atoms with E-state index in [9.17, 15) is 19.1 Å². The maximum Gasteiger partial charge on any atom is 0.312 e. The summed E-state index contributed by atoms with van der Waals surface area (Å²) in [5.41, 5.74) is 1.60. The monoisotopic (exact) mass is 343 g/mol. The molecule has 0 fully saturated rings. The van der Waals surface area contributed by atoms with Gasteiger partial charge in [0.2, 0.25) is 5.91 Å². The minimum Gasteiger partial charge on any atom is -0.481 e. The van der Waals surface area contributed by atoms with Gasteiger partial charge in [-0.3, -0.25) is 9.59 Å². The van der Waals surface area contributed by atoms with Crippen molar-refractivity contribution < 1.29 is 19.1 Å². The van der Waals surface area contributed by atoms with Crippen LogP contribution in [0, 0.1) is 12.7 Å². The Bertz CT molecular complexity index is 752. The maximum atomic E-state index is 13.0. The molecule has 0 aliphatic carbocycles. The summed E-state index contributed by atoms with van der Waals surface area (Å²) in [6.07, 6.45) is 0. The first-order valence-corrected chi connectivity index (χ1v) is 8.05. The Kier molecular flexibility index (Phi) is 5.57. The van der Waals surface area contributed by atoms with Crippen molar-refractivity contribution in [1.82, 2.24) is 5.32 Å². The van der Waals surface area contributed by atoms with Crippen molar-refractivity contribution in [3.63, 3.8) is 0 Å². The lowest BCUT2D eigenvalue weighted by Gasteiger charge is -2.25. The van der Waals surface area contributed by atoms with E-state index in [1.54, 1.807) is 13.8 Å². The molecule has 0 radical (unpaired) electrons. The van der Waals surface area contributed by atoms with Gasteiger partial charge in [-0.2, -0.15) is 0 Å². The van der Waals surface area contributed by atoms with Crippen LogP contribution in [0.4, 0.5) is 4.39 Å². The van der Waals surface area contributed by atoms with Crippen LogP contribution in [0.25, 0.3) is 0 Å². The van der Waals surface area contributed by atoms with Crippen LogP contribution >= 0.6 is 0 Å². The predicted octanol–water partition coefficient (Wildman–Crippen LogP) is 3.40. The maximum absolute atomic E-state index is 13.0. The van der Waals surface area contributed by atoms with E-state index in [1.807, 2.05) is 31.2 Å². The van der Waals surface area contributed by atoms with Crippen LogP contribution < -0.4 is 5.32 Å². The first kappa shape index (κ1) is 18.6. The predicted molar refractivity (Wildman–Crippen MR) is 94.0 cm³/mol. The molecule has 2 aromatic rings. The minimum atomic E-state index is -1.07. The SMILES string of the molecule is Cc1ccc(C(C)(C)C(=O)NCC(C(=O)O)c2ccc(F)cc2)cc1. The first-order valence-electron chi connectivity index (χ1n) is 8.05. The number of aryl methyl sites for hydroxylation is 1. The third-order valence-corrected chi connectivity index (χ3v) is 4.38. The number of amides is 1. The third kappa shape index (κ3) is 4.44. The third-order valence-electron chi connectivity index (χ3n) is 4.38. The van der Waals surface area contributed by atoms with Crippen LogP contribution in [-0.2, 0) is 15.0 Å². The van der Waals surface area contributed by atoms with E-state index in [0.29, 0.717) is 5.56 Å². The summed E-state index contributed by atoms with van der Waals surface area (Å²) in [5.74, 6) is -2.69. The molecule has 4 nitrogen and oxygen atoms in total. The molecule has 0 aliphatic heterocycles. The van der Waals surface area contributed by atoms with E-state index >= 15 is 0 Å². The molecule has 2 rings (SSSR count). The average molecular weight is 343 g/mol. The van der Waals surface area contributed by atoms with Gasteiger partial charge in [-0.25, -0.2) is 4.39 Å². The summed E-state index contributed by atoms with van der Waals surface area (Å²) in [7, 11) is 0. The molecule has 25 heavy (non-hydrogen) atoms. The number of hydrogen-bond acceptors (Lipinski definition) is 2. The number of nitrogens with one attached hydrogen (secondary N) is 1. The zero-order valence-electron chi connectivity index (χ0n) is 14.5. The Balaban J connectivity index is 2.11. The Morgan fingerprint density at radius 3 is 2.16 bits per heavy atom. The lowest BCUT2D eigenvalue weighted by Crippen LogP contribution is -2.42. The van der Waals surface area contributed by atoms with E-state index < -0.39 is 23.1 Å². The zero-order chi connectivity index (χ0) is 18.6. The van der Waals surface area contributed by atoms with Crippen LogP contribution in [0.1, 0.15) is 36.5 Å². The van der Waals surface area contributed by atoms with Gasteiger partial charge < -0.3 is 10.4 Å². The largest absolute Gasteiger partial charge is 0.481 e. The molecule has 0 aliphatic rings. The van der Waals surface area contributed by atoms with E-state index in [-0.39, 0.29) is 12.5 Å². The second kappa shape index (κ2) is 7.47. The number of carbonyl (C=O) groups excluding carboxylic acids is 1. The molecule has 0 saturated heterocycles. The highest BCUT2D eigenvalue weighted by Crippen LogP contribution is 2.24. The average Bonchev–Trinajstić information content (AvgIpc) is 2.56. The molecule has 0 bridgehead atoms. The number of carboxylic acids is 1. The summed E-state index contributed by atoms with van der Waals surface area (Å²) in [5, 5.41) is 12.1. The number of halogens is 1. The standard InChI is InChI=1S/C20H22FNO3/c1-13-4-8-15(9-5-13)20(2,3)19(25)22-12-17(18(23)24)14-6-10-16(21)11-7-14/h4-11,17H,12H2,1-3H3,(H,22,25)(H,23,24). The summed E-state index contributed by atoms with van der Waals surface area (Å²) in [6.45, 7) is 5.49. The summed E-state index contributed by atoms with van der Waals surface area (Å²) in [6, 6.07) is 12.9. The lowest BCUT2D eigenvalue weighted by molar-refractivity contribution is -0.138. The van der Waals surface area contributed by atoms with Gasteiger partial charge >= 0.3 is 5.97 Å². The van der Waals surface area contributed by atoms with Gasteiger partial charge in [-0.05, 0) is 44.0 Å². The molecular formula is C20H22FNO3. The van der Waals surface area contributed by atoms with Crippen molar-refractivity contribution >= 4 is 11.9 Å². The number of carbonyl (C=O) groups is 2. The highest BCUT2D eigenvalue weighted by atomic mass is 19.1. The van der Waals surface area contributed by atoms with Gasteiger partial charge in [0, 0.05) is 6.54 Å². The van der Waals surface area contributed by atoms with Gasteiger partial charge in [0.25, 0.3) is 0 Å². The van der Waals surface area contributed by atoms with Crippen LogP contribution in [0.5, 0.6) is 0 Å². The van der Waals surface area contributed by atoms with Gasteiger partial charge in [0.1, 0.15) is 5.82 Å². The Morgan fingerprint density at radius 2 is 1.64 bits per heavy atom. The number of carboxylic acid groups (broad SMARTS) is 1. The molecule has 0 spiro atoms. The fourth-order valence-electron chi connectivity index (χ4n) is 2.56. The highest BCUT2D eigenvalue weighted by molar-refractivity contribution is 5.88. The lowest BCUT2D eigenvalue weighted by atomic mass is 9.83. The molecule has 0 heterocycles. The van der Waals surface area contributed by atoms with E-state index in [4.69, 9.17) is 0 Å². The van der Waals surface area contributed by atoms with Crippen molar-refractivity contribution in [1.29, 1.82) is 0 Å². The number of hydrogen-bond donors (Lipinski definition) is 2. The molecule has 1 atom stereocenters. The molecule has 1 unspecified atom stereocenters. The van der Waals surface area contributed by atoms with E-state index in [1.165, 1.54) is 24.3 Å². The topological polar surface area (TPSA) is 66.4 Å². The van der Waals surface area contributed by atoms with Crippen molar-refractivity contribution in [2.24, 2.45) is 0 Å². The van der Waals surface area contributed by atoms with E-state index in [0.717, 1.165) is 11.1 Å². The van der Waals surface area contributed by atoms with Crippen molar-refractivity contribution in [3.05, 3.63) is 71.0 Å². The van der Waals surface area contributed by atoms with Gasteiger partial charge in [-0.15, -0.1) is 0 Å². The number of rotatable bonds is 6. The molecule has 1 amide bonds. The van der Waals surface area contributed by atoms with Gasteiger partial charge in [0.05, 0.1) is 11.3 Å². The van der Waals surface area contributed by atoms with Crippen molar-refractivity contribution in [3.8, 4) is 0 Å². The first-order chi connectivity index (χ1) is 11.7. The Labute approximate surface area is 146 Å². The molecule has 0 aromatic heterocycles. The normalized spacial score (nSPS) is 12.5. The number of benzene rings is 2. The van der Waals surface area contributed by atoms with E-state index in [2.05, 4.69) is 5.32 Å². The van der Waals surface area contributed by atoms with Gasteiger partial charge in [0.15, 0.2) is 0 Å². The molecule has 5 heteroatoms. The molecule has 132 valence electrons. The number of aliphatic carboxylic acids is 1. The quantitative estimate of drug-likeness (QED) is 0.845. The van der Waals surface area contributed by atoms with Crippen molar-refractivity contribution in [2.45, 2.75) is 32.1 Å². The van der Waals surface area contributed by atoms with Gasteiger partial charge in [-0.1, -0.05) is 42.0 Å². The summed E-state index contributed by atoms with van der Waals surface area (Å²) in [4.78, 5) is 24.1. The smallest absolute Gasteiger partial charge is 0.312 e. The van der Waals surface area contributed by atoms with Crippen LogP contribution in [0.15, 0.2) is 48.5 Å². The molecular weight excluding hydrogens is 321 g/mol. The summed E-state index contributed by atoms with van der Waals surface area (Å²) < 4.78 is 13.0. The second-order valence-electron chi connectivity index (χ2n) is 6.64.